The number of nitrogens with two attached hydrogens (primary N) is 4. The van der Waals surface area contributed by atoms with Crippen molar-refractivity contribution < 1.29 is 36.5 Å². The summed E-state index contributed by atoms with van der Waals surface area (Å²) in [6.45, 7) is 3.99. The monoisotopic (exact) mass is 568 g/mol. The molecule has 2 heterocycles. The van der Waals surface area contributed by atoms with E-state index in [1.54, 1.807) is 0 Å². The maximum atomic E-state index is 8.74. The van der Waals surface area contributed by atoms with Crippen LogP contribution in [0, 0.1) is 0 Å². The maximum absolute atomic E-state index is 8.74. The molecule has 0 spiro atoms. The van der Waals surface area contributed by atoms with Crippen LogP contribution in [0.2, 0.25) is 0 Å². The van der Waals surface area contributed by atoms with E-state index in [1.807, 2.05) is 36.4 Å². The molecular weight excluding hydrogens is 532 g/mol. The lowest BCUT2D eigenvalue weighted by molar-refractivity contribution is 0.296. The van der Waals surface area contributed by atoms with Crippen LogP contribution in [-0.4, -0.2) is 69.0 Å². The van der Waals surface area contributed by atoms with Crippen molar-refractivity contribution in [1.29, 1.82) is 0 Å². The molecule has 0 aromatic heterocycles. The molecule has 0 fully saturated rings. The van der Waals surface area contributed by atoms with Gasteiger partial charge in [-0.3, -0.25) is 19.1 Å². The number of fused-ring (bicyclic) bond motifs is 2. The molecule has 0 amide bonds. The summed E-state index contributed by atoms with van der Waals surface area (Å²) in [4.78, 5) is 7.90. The van der Waals surface area contributed by atoms with Crippen LogP contribution in [0.1, 0.15) is 24.0 Å². The minimum absolute atomic E-state index is 0.124. The molecule has 2 aliphatic rings. The van der Waals surface area contributed by atoms with Crippen molar-refractivity contribution in [2.75, 3.05) is 39.5 Å². The highest BCUT2D eigenvalue weighted by atomic mass is 32.3. The van der Waals surface area contributed by atoms with Crippen molar-refractivity contribution in [1.82, 2.24) is 0 Å². The third-order valence-corrected chi connectivity index (χ3v) is 5.01. The van der Waals surface area contributed by atoms with Crippen LogP contribution in [-0.2, 0) is 23.2 Å². The first-order chi connectivity index (χ1) is 18.5. The molecule has 216 valence electrons. The van der Waals surface area contributed by atoms with Crippen LogP contribution < -0.4 is 41.9 Å². The molecule has 4 rings (SSSR count). The lowest BCUT2D eigenvalue weighted by atomic mass is 10.1. The van der Waals surface area contributed by atoms with Gasteiger partial charge in [0.25, 0.3) is 0 Å². The Labute approximate surface area is 227 Å². The third-order valence-electron chi connectivity index (χ3n) is 5.01. The molecule has 14 nitrogen and oxygen atoms in total. The van der Waals surface area contributed by atoms with E-state index < -0.39 is 10.4 Å². The van der Waals surface area contributed by atoms with E-state index in [-0.39, 0.29) is 11.9 Å². The van der Waals surface area contributed by atoms with Gasteiger partial charge in [-0.05, 0) is 48.2 Å². The molecule has 0 saturated carbocycles. The predicted molar refractivity (Wildman–Crippen MR) is 147 cm³/mol. The van der Waals surface area contributed by atoms with Gasteiger partial charge < -0.3 is 41.9 Å². The molecule has 39 heavy (non-hydrogen) atoms. The number of benzene rings is 2. The zero-order chi connectivity index (χ0) is 28.7. The highest BCUT2D eigenvalue weighted by Gasteiger charge is 2.11. The highest BCUT2D eigenvalue weighted by molar-refractivity contribution is 7.79. The summed E-state index contributed by atoms with van der Waals surface area (Å²) in [5.74, 6) is 3.49. The number of rotatable bonds is 6. The standard InChI is InChI=1S/2C12H17N3O2.H2O4S/c2*13-12(14)15-5-4-9-2-3-10-11(8-9)17-7-1-6-16-10;1-5(2,3)4/h2*2-3,8H,1,4-7H2,(H4,13,14,15);(H2,1,2,3,4). The number of ether oxygens (including phenoxy) is 4. The van der Waals surface area contributed by atoms with E-state index >= 15 is 0 Å². The summed E-state index contributed by atoms with van der Waals surface area (Å²) in [5, 5.41) is 0. The van der Waals surface area contributed by atoms with E-state index in [4.69, 9.17) is 59.4 Å². The summed E-state index contributed by atoms with van der Waals surface area (Å²) in [7, 11) is -4.67. The fourth-order valence-electron chi connectivity index (χ4n) is 3.35. The van der Waals surface area contributed by atoms with Crippen molar-refractivity contribution in [2.24, 2.45) is 32.9 Å². The molecule has 10 N–H and O–H groups in total. The van der Waals surface area contributed by atoms with Gasteiger partial charge >= 0.3 is 10.4 Å². The predicted octanol–water partition coefficient (Wildman–Crippen LogP) is 0.675. The SMILES string of the molecule is NC(N)=NCCc1ccc2c(c1)OCCCO2.NC(N)=NCCc1ccc2c(c1)OCCCO2.O=S(=O)(O)O. The third kappa shape index (κ3) is 14.0. The Morgan fingerprint density at radius 1 is 0.667 bits per heavy atom. The number of aliphatic imine (C=N–C) groups is 2. The Bertz CT molecular complexity index is 1130. The quantitative estimate of drug-likeness (QED) is 0.160. The topological polar surface area (TPSA) is 240 Å². The van der Waals surface area contributed by atoms with Gasteiger partial charge in [0.05, 0.1) is 26.4 Å². The molecular formula is C24H36N6O8S. The van der Waals surface area contributed by atoms with Crippen molar-refractivity contribution in [3.05, 3.63) is 47.5 Å². The Morgan fingerprint density at radius 2 is 1.00 bits per heavy atom. The Kier molecular flexibility index (Phi) is 12.9. The lowest BCUT2D eigenvalue weighted by Gasteiger charge is -2.08. The van der Waals surface area contributed by atoms with Crippen molar-refractivity contribution in [3.63, 3.8) is 0 Å². The van der Waals surface area contributed by atoms with Gasteiger partial charge in [0.2, 0.25) is 0 Å². The van der Waals surface area contributed by atoms with Gasteiger partial charge in [-0.1, -0.05) is 12.1 Å². The molecule has 2 aliphatic heterocycles. The Morgan fingerprint density at radius 3 is 1.33 bits per heavy atom. The highest BCUT2D eigenvalue weighted by Crippen LogP contribution is 2.31. The van der Waals surface area contributed by atoms with Crippen LogP contribution >= 0.6 is 0 Å². The first-order valence-corrected chi connectivity index (χ1v) is 13.5. The Hall–Kier alpha value is -3.95. The molecule has 0 saturated heterocycles. The average Bonchev–Trinajstić information content (AvgIpc) is 3.23. The largest absolute Gasteiger partial charge is 0.490 e. The maximum Gasteiger partial charge on any atom is 0.394 e. The molecule has 0 bridgehead atoms. The second kappa shape index (κ2) is 16.1. The van der Waals surface area contributed by atoms with Gasteiger partial charge in [-0.15, -0.1) is 0 Å². The van der Waals surface area contributed by atoms with Gasteiger partial charge in [0.15, 0.2) is 34.9 Å². The smallest absolute Gasteiger partial charge is 0.394 e. The minimum Gasteiger partial charge on any atom is -0.490 e. The molecule has 0 radical (unpaired) electrons. The second-order valence-electron chi connectivity index (χ2n) is 8.22. The summed E-state index contributed by atoms with van der Waals surface area (Å²) in [5.41, 5.74) is 23.4. The van der Waals surface area contributed by atoms with Crippen LogP contribution in [0.15, 0.2) is 46.4 Å². The summed E-state index contributed by atoms with van der Waals surface area (Å²) in [6.07, 6.45) is 3.40. The molecule has 15 heteroatoms. The molecule has 2 aromatic carbocycles. The summed E-state index contributed by atoms with van der Waals surface area (Å²) >= 11 is 0. The van der Waals surface area contributed by atoms with Gasteiger partial charge in [-0.2, -0.15) is 8.42 Å². The van der Waals surface area contributed by atoms with Gasteiger partial charge in [-0.25, -0.2) is 0 Å². The fraction of sp³-hybridized carbons (Fsp3) is 0.417. The number of hydrogen-bond acceptors (Lipinski definition) is 8. The first-order valence-electron chi connectivity index (χ1n) is 12.1. The lowest BCUT2D eigenvalue weighted by Crippen LogP contribution is -2.23. The van der Waals surface area contributed by atoms with Crippen molar-refractivity contribution in [3.8, 4) is 23.0 Å². The van der Waals surface area contributed by atoms with Crippen LogP contribution in [0.25, 0.3) is 0 Å². The van der Waals surface area contributed by atoms with Crippen molar-refractivity contribution >= 4 is 22.3 Å². The van der Waals surface area contributed by atoms with Gasteiger partial charge in [0, 0.05) is 25.9 Å². The van der Waals surface area contributed by atoms with E-state index in [0.717, 1.165) is 59.8 Å². The van der Waals surface area contributed by atoms with Crippen LogP contribution in [0.3, 0.4) is 0 Å². The number of hydrogen-bond donors (Lipinski definition) is 6. The summed E-state index contributed by atoms with van der Waals surface area (Å²) < 4.78 is 53.9. The van der Waals surface area contributed by atoms with E-state index in [9.17, 15) is 0 Å². The molecule has 0 aliphatic carbocycles. The van der Waals surface area contributed by atoms with Gasteiger partial charge in [0.1, 0.15) is 0 Å². The van der Waals surface area contributed by atoms with Crippen molar-refractivity contribution in [2.45, 2.75) is 25.7 Å². The Balaban J connectivity index is 0.000000234. The molecule has 2 aromatic rings. The van der Waals surface area contributed by atoms with E-state index in [2.05, 4.69) is 9.98 Å². The molecule has 0 atom stereocenters. The second-order valence-corrected chi connectivity index (χ2v) is 9.12. The van der Waals surface area contributed by atoms with E-state index in [0.29, 0.717) is 39.5 Å². The summed E-state index contributed by atoms with van der Waals surface area (Å²) in [6, 6.07) is 11.9. The minimum atomic E-state index is -4.67. The first kappa shape index (κ1) is 31.3. The zero-order valence-electron chi connectivity index (χ0n) is 21.5. The number of guanidine groups is 2. The zero-order valence-corrected chi connectivity index (χ0v) is 22.3. The molecule has 0 unspecified atom stereocenters. The van der Waals surface area contributed by atoms with Crippen LogP contribution in [0.5, 0.6) is 23.0 Å². The van der Waals surface area contributed by atoms with Crippen LogP contribution in [0.4, 0.5) is 0 Å². The normalized spacial score (nSPS) is 13.6. The average molecular weight is 569 g/mol. The number of nitrogens with zero attached hydrogens (tertiary/aromatic N) is 2. The fourth-order valence-corrected chi connectivity index (χ4v) is 3.35. The van der Waals surface area contributed by atoms with E-state index in [1.165, 1.54) is 0 Å².